The molecule has 0 saturated heterocycles. The summed E-state index contributed by atoms with van der Waals surface area (Å²) in [4.78, 5) is 25.9. The van der Waals surface area contributed by atoms with Crippen LogP contribution < -0.4 is 14.8 Å². The number of para-hydroxylation sites is 1. The number of benzene rings is 4. The second kappa shape index (κ2) is 13.1. The molecule has 0 bridgehead atoms. The zero-order valence-corrected chi connectivity index (χ0v) is 21.2. The summed E-state index contributed by atoms with van der Waals surface area (Å²) in [6.45, 7) is 0.394. The zero-order chi connectivity index (χ0) is 26.7. The number of ether oxygens (including phenoxy) is 2. The van der Waals surface area contributed by atoms with Crippen molar-refractivity contribution in [3.63, 3.8) is 0 Å². The van der Waals surface area contributed by atoms with Crippen molar-refractivity contribution in [2.24, 2.45) is 0 Å². The highest BCUT2D eigenvalue weighted by Crippen LogP contribution is 2.32. The Kier molecular flexibility index (Phi) is 9.13. The number of hydrogen-bond donors (Lipinski definition) is 2. The number of amides is 1. The summed E-state index contributed by atoms with van der Waals surface area (Å²) in [6, 6.07) is 32.8. The molecule has 4 aromatic rings. The minimum Gasteiger partial charge on any atom is -0.493 e. The number of methoxy groups -OCH3 is 1. The van der Waals surface area contributed by atoms with Crippen molar-refractivity contribution in [3.8, 4) is 11.5 Å². The highest BCUT2D eigenvalue weighted by molar-refractivity contribution is 5.90. The van der Waals surface area contributed by atoms with Crippen LogP contribution >= 0.6 is 0 Å². The van der Waals surface area contributed by atoms with Gasteiger partial charge in [0, 0.05) is 18.4 Å². The molecular weight excluding hydrogens is 478 g/mol. The van der Waals surface area contributed by atoms with Crippen molar-refractivity contribution < 1.29 is 24.2 Å². The molecule has 6 nitrogen and oxygen atoms in total. The standard InChI is InChI=1S/C32H31NO5/c1-37-28-19-11-18-26(30(28)38-21-20-23-12-5-2-6-13-23)22-27(32(35)36)33-31(34)29(24-14-7-3-8-15-24)25-16-9-4-10-17-25/h2-19,27,29H,20-22H2,1H3,(H,33,34)(H,35,36). The van der Waals surface area contributed by atoms with Gasteiger partial charge < -0.3 is 19.9 Å². The van der Waals surface area contributed by atoms with E-state index in [0.29, 0.717) is 30.1 Å². The van der Waals surface area contributed by atoms with Gasteiger partial charge in [-0.3, -0.25) is 4.79 Å². The van der Waals surface area contributed by atoms with E-state index in [1.54, 1.807) is 25.3 Å². The molecule has 1 atom stereocenters. The molecule has 0 spiro atoms. The van der Waals surface area contributed by atoms with Crippen molar-refractivity contribution >= 4 is 11.9 Å². The third kappa shape index (κ3) is 6.79. The van der Waals surface area contributed by atoms with Crippen molar-refractivity contribution in [1.82, 2.24) is 5.32 Å². The number of hydrogen-bond acceptors (Lipinski definition) is 4. The fraction of sp³-hybridized carbons (Fsp3) is 0.188. The lowest BCUT2D eigenvalue weighted by molar-refractivity contribution is -0.141. The first kappa shape index (κ1) is 26.5. The molecule has 38 heavy (non-hydrogen) atoms. The Hall–Kier alpha value is -4.58. The zero-order valence-electron chi connectivity index (χ0n) is 21.2. The van der Waals surface area contributed by atoms with Crippen LogP contribution in [0.15, 0.2) is 109 Å². The second-order valence-electron chi connectivity index (χ2n) is 8.89. The van der Waals surface area contributed by atoms with Crippen molar-refractivity contribution in [3.05, 3.63) is 131 Å². The summed E-state index contributed by atoms with van der Waals surface area (Å²) < 4.78 is 11.6. The fourth-order valence-corrected chi connectivity index (χ4v) is 4.42. The van der Waals surface area contributed by atoms with E-state index in [0.717, 1.165) is 16.7 Å². The minimum absolute atomic E-state index is 0.0369. The molecule has 1 unspecified atom stereocenters. The Balaban J connectivity index is 1.55. The summed E-state index contributed by atoms with van der Waals surface area (Å²) in [5.41, 5.74) is 3.34. The number of carboxylic acids is 1. The lowest BCUT2D eigenvalue weighted by Gasteiger charge is -2.22. The van der Waals surface area contributed by atoms with Gasteiger partial charge in [-0.2, -0.15) is 0 Å². The lowest BCUT2D eigenvalue weighted by Crippen LogP contribution is -2.44. The van der Waals surface area contributed by atoms with Crippen LogP contribution in [0.1, 0.15) is 28.2 Å². The molecule has 194 valence electrons. The van der Waals surface area contributed by atoms with E-state index in [2.05, 4.69) is 5.32 Å². The summed E-state index contributed by atoms with van der Waals surface area (Å²) in [7, 11) is 1.55. The SMILES string of the molecule is COc1cccc(CC(NC(=O)C(c2ccccc2)c2ccccc2)C(=O)O)c1OCCc1ccccc1. The monoisotopic (exact) mass is 509 g/mol. The number of carbonyl (C=O) groups is 2. The number of aliphatic carboxylic acids is 1. The van der Waals surface area contributed by atoms with E-state index in [9.17, 15) is 14.7 Å². The Labute approximate surface area is 222 Å². The van der Waals surface area contributed by atoms with E-state index in [1.165, 1.54) is 0 Å². The van der Waals surface area contributed by atoms with Gasteiger partial charge in [0.15, 0.2) is 11.5 Å². The van der Waals surface area contributed by atoms with Crippen LogP contribution in [0.25, 0.3) is 0 Å². The van der Waals surface area contributed by atoms with Crippen LogP contribution in [0.5, 0.6) is 11.5 Å². The van der Waals surface area contributed by atoms with Crippen LogP contribution in [-0.4, -0.2) is 36.7 Å². The molecule has 0 radical (unpaired) electrons. The summed E-state index contributed by atoms with van der Waals surface area (Å²) in [6.07, 6.45) is 0.725. The highest BCUT2D eigenvalue weighted by Gasteiger charge is 2.29. The number of rotatable bonds is 12. The fourth-order valence-electron chi connectivity index (χ4n) is 4.42. The maximum absolute atomic E-state index is 13.6. The number of carboxylic acid groups (broad SMARTS) is 1. The van der Waals surface area contributed by atoms with Gasteiger partial charge in [0.2, 0.25) is 5.91 Å². The van der Waals surface area contributed by atoms with Crippen LogP contribution in [0.2, 0.25) is 0 Å². The van der Waals surface area contributed by atoms with E-state index < -0.39 is 17.9 Å². The molecule has 0 fully saturated rings. The molecule has 1 amide bonds. The predicted octanol–water partition coefficient (Wildman–Crippen LogP) is 5.26. The molecule has 0 aliphatic heterocycles. The molecule has 2 N–H and O–H groups in total. The van der Waals surface area contributed by atoms with Crippen LogP contribution in [0.4, 0.5) is 0 Å². The predicted molar refractivity (Wildman–Crippen MR) is 147 cm³/mol. The Bertz CT molecular complexity index is 1290. The van der Waals surface area contributed by atoms with E-state index in [4.69, 9.17) is 9.47 Å². The van der Waals surface area contributed by atoms with E-state index in [1.807, 2.05) is 91.0 Å². The lowest BCUT2D eigenvalue weighted by atomic mass is 9.90. The largest absolute Gasteiger partial charge is 0.493 e. The number of carbonyl (C=O) groups excluding carboxylic acids is 1. The van der Waals surface area contributed by atoms with Crippen LogP contribution in [0, 0.1) is 0 Å². The third-order valence-electron chi connectivity index (χ3n) is 6.33. The first-order valence-corrected chi connectivity index (χ1v) is 12.5. The van der Waals surface area contributed by atoms with Gasteiger partial charge in [-0.05, 0) is 22.8 Å². The first-order chi connectivity index (χ1) is 18.6. The Morgan fingerprint density at radius 1 is 0.789 bits per heavy atom. The molecule has 6 heteroatoms. The molecule has 4 aromatic carbocycles. The minimum atomic E-state index is -1.17. The quantitative estimate of drug-likeness (QED) is 0.272. The van der Waals surface area contributed by atoms with Gasteiger partial charge in [0.25, 0.3) is 0 Å². The molecule has 0 aliphatic rings. The van der Waals surface area contributed by atoms with Gasteiger partial charge in [0.1, 0.15) is 6.04 Å². The average molecular weight is 510 g/mol. The smallest absolute Gasteiger partial charge is 0.326 e. The molecule has 4 rings (SSSR count). The van der Waals surface area contributed by atoms with Gasteiger partial charge >= 0.3 is 5.97 Å². The van der Waals surface area contributed by atoms with Crippen LogP contribution in [0.3, 0.4) is 0 Å². The van der Waals surface area contributed by atoms with Crippen molar-refractivity contribution in [2.45, 2.75) is 24.8 Å². The molecule has 0 aromatic heterocycles. The Morgan fingerprint density at radius 3 is 1.92 bits per heavy atom. The van der Waals surface area contributed by atoms with E-state index in [-0.39, 0.29) is 12.3 Å². The topological polar surface area (TPSA) is 84.9 Å². The second-order valence-corrected chi connectivity index (χ2v) is 8.89. The van der Waals surface area contributed by atoms with Gasteiger partial charge in [-0.25, -0.2) is 4.79 Å². The molecule has 0 aliphatic carbocycles. The first-order valence-electron chi connectivity index (χ1n) is 12.5. The molecule has 0 saturated carbocycles. The summed E-state index contributed by atoms with van der Waals surface area (Å²) >= 11 is 0. The third-order valence-corrected chi connectivity index (χ3v) is 6.33. The van der Waals surface area contributed by atoms with Gasteiger partial charge in [-0.15, -0.1) is 0 Å². The number of nitrogens with one attached hydrogen (secondary N) is 1. The Morgan fingerprint density at radius 2 is 1.37 bits per heavy atom. The summed E-state index contributed by atoms with van der Waals surface area (Å²) in [5, 5.41) is 12.8. The molecule has 0 heterocycles. The van der Waals surface area contributed by atoms with Gasteiger partial charge in [0.05, 0.1) is 19.6 Å². The average Bonchev–Trinajstić information content (AvgIpc) is 2.95. The van der Waals surface area contributed by atoms with Gasteiger partial charge in [-0.1, -0.05) is 103 Å². The molecular formula is C32H31NO5. The maximum atomic E-state index is 13.6. The van der Waals surface area contributed by atoms with E-state index >= 15 is 0 Å². The highest BCUT2D eigenvalue weighted by atomic mass is 16.5. The normalized spacial score (nSPS) is 11.5. The maximum Gasteiger partial charge on any atom is 0.326 e. The summed E-state index contributed by atoms with van der Waals surface area (Å²) in [5.74, 6) is -1.17. The van der Waals surface area contributed by atoms with Crippen molar-refractivity contribution in [2.75, 3.05) is 13.7 Å². The van der Waals surface area contributed by atoms with Crippen molar-refractivity contribution in [1.29, 1.82) is 0 Å². The van der Waals surface area contributed by atoms with Crippen LogP contribution in [-0.2, 0) is 22.4 Å².